The second-order valence-corrected chi connectivity index (χ2v) is 7.82. The van der Waals surface area contributed by atoms with Gasteiger partial charge in [0.1, 0.15) is 0 Å². The van der Waals surface area contributed by atoms with Gasteiger partial charge < -0.3 is 9.84 Å². The van der Waals surface area contributed by atoms with Crippen LogP contribution in [0.2, 0.25) is 5.02 Å². The Bertz CT molecular complexity index is 1280. The fourth-order valence-electron chi connectivity index (χ4n) is 3.72. The summed E-state index contributed by atoms with van der Waals surface area (Å²) >= 11 is 6.19. The Balaban J connectivity index is 1.75. The number of carbonyl (C=O) groups is 1. The lowest BCUT2D eigenvalue weighted by molar-refractivity contribution is 0.0968. The monoisotopic (exact) mass is 419 g/mol. The van der Waals surface area contributed by atoms with Gasteiger partial charge in [-0.3, -0.25) is 14.9 Å². The summed E-state index contributed by atoms with van der Waals surface area (Å²) in [5.41, 5.74) is 4.71. The molecule has 5 rings (SSSR count). The molecular weight excluding hydrogens is 402 g/mol. The minimum absolute atomic E-state index is 0.0817. The second-order valence-electron chi connectivity index (χ2n) is 7.41. The quantitative estimate of drug-likeness (QED) is 0.431. The molecule has 2 heterocycles. The number of aromatic hydroxyl groups is 1. The molecule has 150 valence electrons. The molecule has 2 aromatic carbocycles. The van der Waals surface area contributed by atoms with Crippen LogP contribution in [0.1, 0.15) is 23.2 Å². The largest absolute Gasteiger partial charge is 0.503 e. The van der Waals surface area contributed by atoms with Crippen LogP contribution in [0.25, 0.3) is 33.2 Å². The topological polar surface area (TPSA) is 88.1 Å². The Morgan fingerprint density at radius 1 is 1.17 bits per heavy atom. The van der Waals surface area contributed by atoms with E-state index in [2.05, 4.69) is 15.2 Å². The first-order chi connectivity index (χ1) is 14.6. The molecule has 1 saturated carbocycles. The van der Waals surface area contributed by atoms with Crippen molar-refractivity contribution in [1.82, 2.24) is 15.2 Å². The van der Waals surface area contributed by atoms with Crippen LogP contribution in [0.5, 0.6) is 11.5 Å². The number of aromatic nitrogens is 3. The zero-order valence-corrected chi connectivity index (χ0v) is 16.9. The van der Waals surface area contributed by atoms with Crippen molar-refractivity contribution in [2.45, 2.75) is 12.8 Å². The van der Waals surface area contributed by atoms with Gasteiger partial charge in [0, 0.05) is 40.4 Å². The number of pyridine rings is 1. The molecule has 6 nitrogen and oxygen atoms in total. The van der Waals surface area contributed by atoms with E-state index in [0.717, 1.165) is 46.0 Å². The third kappa shape index (κ3) is 3.09. The van der Waals surface area contributed by atoms with E-state index in [4.69, 9.17) is 16.3 Å². The van der Waals surface area contributed by atoms with Crippen LogP contribution in [-0.4, -0.2) is 33.2 Å². The van der Waals surface area contributed by atoms with Gasteiger partial charge in [-0.25, -0.2) is 0 Å². The number of H-pyrrole nitrogens is 1. The van der Waals surface area contributed by atoms with Gasteiger partial charge in [-0.1, -0.05) is 17.7 Å². The molecule has 0 unspecified atom stereocenters. The van der Waals surface area contributed by atoms with Crippen molar-refractivity contribution in [2.24, 2.45) is 5.92 Å². The number of rotatable bonds is 5. The van der Waals surface area contributed by atoms with Crippen molar-refractivity contribution in [1.29, 1.82) is 0 Å². The highest BCUT2D eigenvalue weighted by atomic mass is 35.5. The van der Waals surface area contributed by atoms with Crippen molar-refractivity contribution < 1.29 is 14.6 Å². The van der Waals surface area contributed by atoms with E-state index in [9.17, 15) is 9.90 Å². The number of halogens is 1. The number of nitrogens with zero attached hydrogens (tertiary/aromatic N) is 2. The Hall–Kier alpha value is -3.38. The molecule has 0 bridgehead atoms. The molecular formula is C23H18ClN3O3. The number of methoxy groups -OCH3 is 1. The van der Waals surface area contributed by atoms with Crippen LogP contribution in [0.4, 0.5) is 0 Å². The number of aromatic amines is 1. The Kier molecular flexibility index (Phi) is 4.44. The summed E-state index contributed by atoms with van der Waals surface area (Å²) in [7, 11) is 1.48. The zero-order valence-electron chi connectivity index (χ0n) is 16.1. The van der Waals surface area contributed by atoms with Gasteiger partial charge in [-0.15, -0.1) is 0 Å². The molecule has 2 aromatic heterocycles. The molecule has 0 atom stereocenters. The van der Waals surface area contributed by atoms with Crippen molar-refractivity contribution in [3.05, 3.63) is 59.5 Å². The van der Waals surface area contributed by atoms with Gasteiger partial charge in [0.25, 0.3) is 0 Å². The maximum Gasteiger partial charge on any atom is 0.176 e. The maximum atomic E-state index is 13.0. The highest BCUT2D eigenvalue weighted by molar-refractivity contribution is 6.32. The molecule has 7 heteroatoms. The molecule has 30 heavy (non-hydrogen) atoms. The first-order valence-electron chi connectivity index (χ1n) is 9.60. The summed E-state index contributed by atoms with van der Waals surface area (Å²) in [6.45, 7) is 0. The van der Waals surface area contributed by atoms with Gasteiger partial charge in [0.2, 0.25) is 0 Å². The maximum absolute atomic E-state index is 13.0. The van der Waals surface area contributed by atoms with Crippen LogP contribution >= 0.6 is 11.6 Å². The lowest BCUT2D eigenvalue weighted by Crippen LogP contribution is -2.05. The van der Waals surface area contributed by atoms with Crippen LogP contribution in [-0.2, 0) is 0 Å². The molecule has 1 fully saturated rings. The van der Waals surface area contributed by atoms with Crippen molar-refractivity contribution in [3.8, 4) is 33.8 Å². The minimum Gasteiger partial charge on any atom is -0.503 e. The van der Waals surface area contributed by atoms with Gasteiger partial charge in [0.05, 0.1) is 23.8 Å². The van der Waals surface area contributed by atoms with E-state index < -0.39 is 0 Å². The number of phenolic OH excluding ortho intramolecular Hbond substituents is 1. The van der Waals surface area contributed by atoms with Crippen LogP contribution < -0.4 is 4.74 Å². The Morgan fingerprint density at radius 2 is 2.00 bits per heavy atom. The summed E-state index contributed by atoms with van der Waals surface area (Å²) in [6, 6.07) is 9.24. The van der Waals surface area contributed by atoms with E-state index in [1.165, 1.54) is 7.11 Å². The molecule has 0 aliphatic heterocycles. The van der Waals surface area contributed by atoms with Crippen molar-refractivity contribution in [3.63, 3.8) is 0 Å². The van der Waals surface area contributed by atoms with E-state index in [0.29, 0.717) is 11.3 Å². The van der Waals surface area contributed by atoms with Crippen molar-refractivity contribution >= 4 is 28.3 Å². The molecule has 0 radical (unpaired) electrons. The molecule has 1 aliphatic rings. The number of hydrogen-bond acceptors (Lipinski definition) is 5. The van der Waals surface area contributed by atoms with Crippen LogP contribution in [0.15, 0.2) is 48.9 Å². The van der Waals surface area contributed by atoms with Gasteiger partial charge in [-0.2, -0.15) is 5.10 Å². The van der Waals surface area contributed by atoms with E-state index in [-0.39, 0.29) is 22.5 Å². The molecule has 1 aliphatic carbocycles. The smallest absolute Gasteiger partial charge is 0.176 e. The number of phenols is 1. The number of nitrogens with one attached hydrogen (secondary N) is 1. The number of carbonyl (C=O) groups excluding carboxylic acids is 1. The fraction of sp³-hybridized carbons (Fsp3) is 0.174. The number of Topliss-reactive ketones (excluding diaryl/α,β-unsaturated/α-hetero) is 1. The molecule has 2 N–H and O–H groups in total. The standard InChI is InChI=1S/C23H18ClN3O3/c1-30-20-8-14(7-18(24)23(20)29)13-4-5-19-16(6-13)21(15-9-26-27-10-15)17(11-25-19)22(28)12-2-3-12/h4-12,29H,2-3H2,1H3,(H,26,27). The highest BCUT2D eigenvalue weighted by Gasteiger charge is 2.32. The number of benzene rings is 2. The van der Waals surface area contributed by atoms with Crippen molar-refractivity contribution in [2.75, 3.05) is 7.11 Å². The van der Waals surface area contributed by atoms with Crippen LogP contribution in [0, 0.1) is 5.92 Å². The fourth-order valence-corrected chi connectivity index (χ4v) is 3.93. The minimum atomic E-state index is -0.0956. The van der Waals surface area contributed by atoms with Crippen LogP contribution in [0.3, 0.4) is 0 Å². The molecule has 0 spiro atoms. The zero-order chi connectivity index (χ0) is 20.8. The summed E-state index contributed by atoms with van der Waals surface area (Å²) < 4.78 is 5.24. The summed E-state index contributed by atoms with van der Waals surface area (Å²) in [4.78, 5) is 17.5. The average Bonchev–Trinajstić information content (AvgIpc) is 3.48. The summed E-state index contributed by atoms with van der Waals surface area (Å²) in [5.74, 6) is 0.406. The van der Waals surface area contributed by atoms with E-state index >= 15 is 0 Å². The van der Waals surface area contributed by atoms with Gasteiger partial charge >= 0.3 is 0 Å². The average molecular weight is 420 g/mol. The predicted molar refractivity (Wildman–Crippen MR) is 115 cm³/mol. The Labute approximate surface area is 177 Å². The third-order valence-corrected chi connectivity index (χ3v) is 5.74. The lowest BCUT2D eigenvalue weighted by atomic mass is 9.93. The SMILES string of the molecule is COc1cc(-c2ccc3ncc(C(=O)C4CC4)c(-c4cn[nH]c4)c3c2)cc(Cl)c1O. The number of hydrogen-bond donors (Lipinski definition) is 2. The highest BCUT2D eigenvalue weighted by Crippen LogP contribution is 2.41. The number of fused-ring (bicyclic) bond motifs is 1. The van der Waals surface area contributed by atoms with E-state index in [1.54, 1.807) is 30.7 Å². The molecule has 0 amide bonds. The predicted octanol–water partition coefficient (Wildman–Crippen LogP) is 5.25. The molecule has 4 aromatic rings. The first kappa shape index (κ1) is 18.6. The lowest BCUT2D eigenvalue weighted by Gasteiger charge is -2.13. The van der Waals surface area contributed by atoms with Gasteiger partial charge in [-0.05, 0) is 48.2 Å². The number of ketones is 1. The second kappa shape index (κ2) is 7.15. The van der Waals surface area contributed by atoms with Gasteiger partial charge in [0.15, 0.2) is 17.3 Å². The summed E-state index contributed by atoms with van der Waals surface area (Å²) in [6.07, 6.45) is 7.02. The first-order valence-corrected chi connectivity index (χ1v) is 9.97. The molecule has 0 saturated heterocycles. The number of ether oxygens (including phenoxy) is 1. The Morgan fingerprint density at radius 3 is 2.70 bits per heavy atom. The normalized spacial score (nSPS) is 13.5. The summed E-state index contributed by atoms with van der Waals surface area (Å²) in [5, 5.41) is 18.0. The third-order valence-electron chi connectivity index (χ3n) is 5.45. The van der Waals surface area contributed by atoms with E-state index in [1.807, 2.05) is 18.2 Å².